The lowest BCUT2D eigenvalue weighted by Gasteiger charge is -2.08. The zero-order valence-electron chi connectivity index (χ0n) is 13.7. The molecule has 126 valence electrons. The molecule has 6 nitrogen and oxygen atoms in total. The van der Waals surface area contributed by atoms with Gasteiger partial charge in [-0.05, 0) is 41.9 Å². The van der Waals surface area contributed by atoms with Gasteiger partial charge in [0.05, 0.1) is 30.2 Å². The topological polar surface area (TPSA) is 67.9 Å². The fourth-order valence-electron chi connectivity index (χ4n) is 2.57. The van der Waals surface area contributed by atoms with Crippen LogP contribution in [0.15, 0.2) is 41.0 Å². The lowest BCUT2D eigenvalue weighted by Crippen LogP contribution is -2.10. The molecule has 0 aliphatic carbocycles. The van der Waals surface area contributed by atoms with Crippen LogP contribution in [0.5, 0.6) is 0 Å². The quantitative estimate of drug-likeness (QED) is 0.679. The second-order valence-electron chi connectivity index (χ2n) is 5.61. The summed E-state index contributed by atoms with van der Waals surface area (Å²) in [7, 11) is 0. The molecule has 0 fully saturated rings. The number of halogens is 1. The number of nitrogens with zero attached hydrogens (tertiary/aromatic N) is 4. The van der Waals surface area contributed by atoms with Gasteiger partial charge in [-0.2, -0.15) is 10.2 Å². The first-order valence-electron chi connectivity index (χ1n) is 7.77. The maximum absolute atomic E-state index is 9.13. The van der Waals surface area contributed by atoms with Gasteiger partial charge in [-0.3, -0.25) is 0 Å². The average molecular weight is 390 g/mol. The summed E-state index contributed by atoms with van der Waals surface area (Å²) in [6.45, 7) is 5.13. The second-order valence-corrected chi connectivity index (χ2v) is 6.46. The van der Waals surface area contributed by atoms with E-state index in [1.165, 1.54) is 0 Å². The predicted molar refractivity (Wildman–Crippen MR) is 97.4 cm³/mol. The number of aliphatic hydroxyl groups is 1. The summed E-state index contributed by atoms with van der Waals surface area (Å²) in [5.74, 6) is 0.898. The Labute approximate surface area is 149 Å². The van der Waals surface area contributed by atoms with E-state index in [-0.39, 0.29) is 6.61 Å². The molecular weight excluding hydrogens is 370 g/mol. The third-order valence-electron chi connectivity index (χ3n) is 3.77. The highest BCUT2D eigenvalue weighted by molar-refractivity contribution is 9.10. The van der Waals surface area contributed by atoms with E-state index in [4.69, 9.17) is 5.11 Å². The van der Waals surface area contributed by atoms with Crippen LogP contribution >= 0.6 is 15.9 Å². The third kappa shape index (κ3) is 3.52. The molecule has 0 bridgehead atoms. The largest absolute Gasteiger partial charge is 0.394 e. The van der Waals surface area contributed by atoms with E-state index in [9.17, 15) is 0 Å². The Bertz CT molecular complexity index is 839. The van der Waals surface area contributed by atoms with Gasteiger partial charge >= 0.3 is 0 Å². The van der Waals surface area contributed by atoms with Crippen LogP contribution in [0.1, 0.15) is 17.0 Å². The van der Waals surface area contributed by atoms with Crippen molar-refractivity contribution in [3.05, 3.63) is 58.0 Å². The summed E-state index contributed by atoms with van der Waals surface area (Å²) >= 11 is 3.56. The van der Waals surface area contributed by atoms with Crippen molar-refractivity contribution in [2.45, 2.75) is 26.9 Å². The van der Waals surface area contributed by atoms with Gasteiger partial charge in [-0.25, -0.2) is 9.36 Å². The number of nitrogens with one attached hydrogen (secondary N) is 1. The maximum atomic E-state index is 9.13. The molecule has 0 unspecified atom stereocenters. The second kappa shape index (κ2) is 7.19. The number of rotatable bonds is 6. The minimum atomic E-state index is 0.0643. The van der Waals surface area contributed by atoms with Crippen LogP contribution in [-0.2, 0) is 13.1 Å². The number of hydrogen-bond donors (Lipinski definition) is 2. The molecule has 0 saturated carbocycles. The number of anilines is 1. The van der Waals surface area contributed by atoms with Crippen molar-refractivity contribution in [1.82, 2.24) is 19.6 Å². The van der Waals surface area contributed by atoms with Crippen LogP contribution in [0.4, 0.5) is 5.82 Å². The van der Waals surface area contributed by atoms with E-state index in [1.54, 1.807) is 4.68 Å². The summed E-state index contributed by atoms with van der Waals surface area (Å²) in [5, 5.41) is 21.5. The molecule has 0 amide bonds. The lowest BCUT2D eigenvalue weighted by molar-refractivity contribution is 0.270. The minimum Gasteiger partial charge on any atom is -0.394 e. The van der Waals surface area contributed by atoms with E-state index < -0.39 is 0 Å². The van der Waals surface area contributed by atoms with Gasteiger partial charge in [0, 0.05) is 28.8 Å². The highest BCUT2D eigenvalue weighted by Gasteiger charge is 2.10. The summed E-state index contributed by atoms with van der Waals surface area (Å²) in [5.41, 5.74) is 4.02. The first-order valence-corrected chi connectivity index (χ1v) is 8.57. The van der Waals surface area contributed by atoms with Crippen LogP contribution in [0.3, 0.4) is 0 Å². The van der Waals surface area contributed by atoms with Gasteiger partial charge in [0.2, 0.25) is 0 Å². The molecule has 3 rings (SSSR count). The Hall–Kier alpha value is -2.12. The predicted octanol–water partition coefficient (Wildman–Crippen LogP) is 3.05. The minimum absolute atomic E-state index is 0.0643. The van der Waals surface area contributed by atoms with E-state index >= 15 is 0 Å². The van der Waals surface area contributed by atoms with Gasteiger partial charge in [0.15, 0.2) is 0 Å². The van der Waals surface area contributed by atoms with E-state index in [0.29, 0.717) is 13.1 Å². The Morgan fingerprint density at radius 2 is 2.00 bits per heavy atom. The zero-order chi connectivity index (χ0) is 17.1. The molecule has 2 heterocycles. The molecule has 2 N–H and O–H groups in total. The van der Waals surface area contributed by atoms with Crippen molar-refractivity contribution in [3.8, 4) is 5.69 Å². The SMILES string of the molecule is Cc1cc(NCc2cn(-c3ccccc3Br)nc2C)n(CCO)n1. The van der Waals surface area contributed by atoms with Crippen molar-refractivity contribution in [1.29, 1.82) is 0 Å². The standard InChI is InChI=1S/C17H20BrN5O/c1-12-9-17(22(20-12)7-8-24)19-10-14-11-23(21-13(14)2)16-6-4-3-5-15(16)18/h3-6,9,11,19,24H,7-8,10H2,1-2H3. The van der Waals surface area contributed by atoms with Crippen molar-refractivity contribution >= 4 is 21.7 Å². The lowest BCUT2D eigenvalue weighted by atomic mass is 10.2. The third-order valence-corrected chi connectivity index (χ3v) is 4.44. The van der Waals surface area contributed by atoms with Crippen molar-refractivity contribution in [2.24, 2.45) is 0 Å². The van der Waals surface area contributed by atoms with Crippen LogP contribution in [0.2, 0.25) is 0 Å². The molecule has 0 aliphatic heterocycles. The molecule has 1 aromatic carbocycles. The van der Waals surface area contributed by atoms with E-state index in [2.05, 4.69) is 31.4 Å². The van der Waals surface area contributed by atoms with Gasteiger partial charge in [0.1, 0.15) is 5.82 Å². The van der Waals surface area contributed by atoms with Crippen molar-refractivity contribution in [2.75, 3.05) is 11.9 Å². The Balaban J connectivity index is 1.78. The number of aromatic nitrogens is 4. The fourth-order valence-corrected chi connectivity index (χ4v) is 3.04. The number of para-hydroxylation sites is 1. The molecular formula is C17H20BrN5O. The Morgan fingerprint density at radius 1 is 1.21 bits per heavy atom. The average Bonchev–Trinajstić information content (AvgIpc) is 3.09. The Kier molecular flexibility index (Phi) is 5.01. The number of aliphatic hydroxyl groups excluding tert-OH is 1. The molecule has 24 heavy (non-hydrogen) atoms. The maximum Gasteiger partial charge on any atom is 0.124 e. The van der Waals surface area contributed by atoms with Crippen molar-refractivity contribution < 1.29 is 5.11 Å². The van der Waals surface area contributed by atoms with Gasteiger partial charge < -0.3 is 10.4 Å². The monoisotopic (exact) mass is 389 g/mol. The van der Waals surface area contributed by atoms with Crippen molar-refractivity contribution in [3.63, 3.8) is 0 Å². The normalized spacial score (nSPS) is 11.0. The summed E-state index contributed by atoms with van der Waals surface area (Å²) < 4.78 is 4.67. The number of benzene rings is 1. The molecule has 0 radical (unpaired) electrons. The molecule has 3 aromatic rings. The van der Waals surface area contributed by atoms with Gasteiger partial charge in [-0.1, -0.05) is 12.1 Å². The van der Waals surface area contributed by atoms with Crippen LogP contribution < -0.4 is 5.32 Å². The molecule has 0 saturated heterocycles. The molecule has 0 aliphatic rings. The zero-order valence-corrected chi connectivity index (χ0v) is 15.3. The number of hydrogen-bond acceptors (Lipinski definition) is 4. The van der Waals surface area contributed by atoms with Gasteiger partial charge in [-0.15, -0.1) is 0 Å². The Morgan fingerprint density at radius 3 is 2.75 bits per heavy atom. The first kappa shape index (κ1) is 16.7. The summed E-state index contributed by atoms with van der Waals surface area (Å²) in [6, 6.07) is 9.97. The van der Waals surface area contributed by atoms with Crippen LogP contribution in [0.25, 0.3) is 5.69 Å². The highest BCUT2D eigenvalue weighted by Crippen LogP contribution is 2.21. The molecule has 0 spiro atoms. The van der Waals surface area contributed by atoms with E-state index in [0.717, 1.165) is 32.9 Å². The van der Waals surface area contributed by atoms with Crippen LogP contribution in [-0.4, -0.2) is 31.3 Å². The van der Waals surface area contributed by atoms with Gasteiger partial charge in [0.25, 0.3) is 0 Å². The molecule has 7 heteroatoms. The smallest absolute Gasteiger partial charge is 0.124 e. The van der Waals surface area contributed by atoms with E-state index in [1.807, 2.05) is 55.1 Å². The summed E-state index contributed by atoms with van der Waals surface area (Å²) in [4.78, 5) is 0. The molecule has 2 aromatic heterocycles. The van der Waals surface area contributed by atoms with Crippen LogP contribution in [0, 0.1) is 13.8 Å². The summed E-state index contributed by atoms with van der Waals surface area (Å²) in [6.07, 6.45) is 2.03. The highest BCUT2D eigenvalue weighted by atomic mass is 79.9. The first-order chi connectivity index (χ1) is 11.6. The molecule has 0 atom stereocenters. The fraction of sp³-hybridized carbons (Fsp3) is 0.294. The number of aryl methyl sites for hydroxylation is 2.